The average Bonchev–Trinajstić information content (AvgIpc) is 2.36. The molecule has 1 amide bonds. The van der Waals surface area contributed by atoms with Gasteiger partial charge in [-0.3, -0.25) is 4.79 Å². The van der Waals surface area contributed by atoms with Gasteiger partial charge in [0, 0.05) is 11.8 Å². The highest BCUT2D eigenvalue weighted by Crippen LogP contribution is 2.18. The van der Waals surface area contributed by atoms with E-state index in [2.05, 4.69) is 10.6 Å². The minimum Gasteiger partial charge on any atom is -0.479 e. The van der Waals surface area contributed by atoms with E-state index < -0.39 is 5.54 Å². The molecule has 1 rings (SSSR count). The molecule has 0 saturated carbocycles. The van der Waals surface area contributed by atoms with Crippen LogP contribution in [-0.4, -0.2) is 24.6 Å². The Bertz CT molecular complexity index is 478. The topological polar surface area (TPSA) is 74.2 Å². The standard InChI is InChI=1S/C14H19N3O2/c1-4-16-14(2,3)13(18)17-11-6-5-7-12(10-11)19-9-8-15/h5-7,10,16H,4,9H2,1-3H3,(H,17,18). The molecule has 5 heteroatoms. The van der Waals surface area contributed by atoms with Crippen molar-refractivity contribution in [1.82, 2.24) is 5.32 Å². The molecule has 2 N–H and O–H groups in total. The number of carbonyl (C=O) groups is 1. The van der Waals surface area contributed by atoms with E-state index in [9.17, 15) is 4.79 Å². The van der Waals surface area contributed by atoms with Crippen molar-refractivity contribution in [3.8, 4) is 11.8 Å². The lowest BCUT2D eigenvalue weighted by Gasteiger charge is -2.24. The first kappa shape index (κ1) is 15.0. The van der Waals surface area contributed by atoms with Gasteiger partial charge >= 0.3 is 0 Å². The summed E-state index contributed by atoms with van der Waals surface area (Å²) >= 11 is 0. The lowest BCUT2D eigenvalue weighted by atomic mass is 10.0. The number of ether oxygens (including phenoxy) is 1. The Hall–Kier alpha value is -2.06. The Morgan fingerprint density at radius 3 is 2.84 bits per heavy atom. The van der Waals surface area contributed by atoms with Crippen LogP contribution in [0.2, 0.25) is 0 Å². The van der Waals surface area contributed by atoms with E-state index in [1.165, 1.54) is 0 Å². The number of carbonyl (C=O) groups excluding carboxylic acids is 1. The monoisotopic (exact) mass is 261 g/mol. The number of anilines is 1. The summed E-state index contributed by atoms with van der Waals surface area (Å²) < 4.78 is 5.18. The molecule has 0 spiro atoms. The highest BCUT2D eigenvalue weighted by atomic mass is 16.5. The maximum Gasteiger partial charge on any atom is 0.244 e. The predicted octanol–water partition coefficient (Wildman–Crippen LogP) is 1.92. The van der Waals surface area contributed by atoms with Crippen molar-refractivity contribution in [2.45, 2.75) is 26.3 Å². The number of rotatable bonds is 6. The van der Waals surface area contributed by atoms with E-state index in [-0.39, 0.29) is 12.5 Å². The van der Waals surface area contributed by atoms with E-state index >= 15 is 0 Å². The third-order valence-electron chi connectivity index (χ3n) is 2.58. The smallest absolute Gasteiger partial charge is 0.244 e. The zero-order valence-corrected chi connectivity index (χ0v) is 11.5. The number of nitriles is 1. The van der Waals surface area contributed by atoms with E-state index in [0.717, 1.165) is 0 Å². The fourth-order valence-electron chi connectivity index (χ4n) is 1.59. The molecule has 0 aliphatic heterocycles. The highest BCUT2D eigenvalue weighted by molar-refractivity contribution is 5.97. The molecular weight excluding hydrogens is 242 g/mol. The molecule has 0 bridgehead atoms. The largest absolute Gasteiger partial charge is 0.479 e. The summed E-state index contributed by atoms with van der Waals surface area (Å²) in [4.78, 5) is 12.1. The normalized spacial score (nSPS) is 10.6. The van der Waals surface area contributed by atoms with Crippen molar-refractivity contribution in [3.63, 3.8) is 0 Å². The third-order valence-corrected chi connectivity index (χ3v) is 2.58. The summed E-state index contributed by atoms with van der Waals surface area (Å²) in [6.07, 6.45) is 0. The van der Waals surface area contributed by atoms with Gasteiger partial charge in [0.15, 0.2) is 6.61 Å². The third kappa shape index (κ3) is 4.60. The molecule has 0 aliphatic carbocycles. The van der Waals surface area contributed by atoms with Gasteiger partial charge in [-0.05, 0) is 32.5 Å². The summed E-state index contributed by atoms with van der Waals surface area (Å²) in [5, 5.41) is 14.4. The van der Waals surface area contributed by atoms with Crippen molar-refractivity contribution >= 4 is 11.6 Å². The summed E-state index contributed by atoms with van der Waals surface area (Å²) in [7, 11) is 0. The Labute approximate surface area is 113 Å². The molecule has 1 aromatic carbocycles. The molecule has 102 valence electrons. The van der Waals surface area contributed by atoms with Gasteiger partial charge < -0.3 is 15.4 Å². The number of hydrogen-bond acceptors (Lipinski definition) is 4. The Kier molecular flexibility index (Phi) is 5.34. The SMILES string of the molecule is CCNC(C)(C)C(=O)Nc1cccc(OCC#N)c1. The van der Waals surface area contributed by atoms with E-state index in [1.807, 2.05) is 26.8 Å². The average molecular weight is 261 g/mol. The molecule has 0 radical (unpaired) electrons. The van der Waals surface area contributed by atoms with Crippen LogP contribution in [0.5, 0.6) is 5.75 Å². The van der Waals surface area contributed by atoms with Crippen LogP contribution in [0.3, 0.4) is 0 Å². The van der Waals surface area contributed by atoms with Crippen LogP contribution in [-0.2, 0) is 4.79 Å². The van der Waals surface area contributed by atoms with E-state index in [1.54, 1.807) is 24.3 Å². The lowest BCUT2D eigenvalue weighted by Crippen LogP contribution is -2.49. The zero-order chi connectivity index (χ0) is 14.3. The number of amides is 1. The summed E-state index contributed by atoms with van der Waals surface area (Å²) in [5.41, 5.74) is 0.00422. The number of nitrogens with zero attached hydrogens (tertiary/aromatic N) is 1. The van der Waals surface area contributed by atoms with Crippen molar-refractivity contribution in [2.24, 2.45) is 0 Å². The van der Waals surface area contributed by atoms with Crippen LogP contribution in [0, 0.1) is 11.3 Å². The number of likely N-dealkylation sites (N-methyl/N-ethyl adjacent to an activating group) is 1. The van der Waals surface area contributed by atoms with Gasteiger partial charge in [-0.15, -0.1) is 0 Å². The van der Waals surface area contributed by atoms with Crippen molar-refractivity contribution in [2.75, 3.05) is 18.5 Å². The van der Waals surface area contributed by atoms with Gasteiger partial charge in [-0.2, -0.15) is 5.26 Å². The van der Waals surface area contributed by atoms with Gasteiger partial charge in [0.2, 0.25) is 5.91 Å². The summed E-state index contributed by atoms with van der Waals surface area (Å²) in [6.45, 7) is 6.29. The number of nitrogens with one attached hydrogen (secondary N) is 2. The zero-order valence-electron chi connectivity index (χ0n) is 11.5. The molecule has 5 nitrogen and oxygen atoms in total. The van der Waals surface area contributed by atoms with Gasteiger partial charge in [0.1, 0.15) is 11.8 Å². The second-order valence-corrected chi connectivity index (χ2v) is 4.58. The fraction of sp³-hybridized carbons (Fsp3) is 0.429. The van der Waals surface area contributed by atoms with Crippen molar-refractivity contribution in [1.29, 1.82) is 5.26 Å². The van der Waals surface area contributed by atoms with Crippen molar-refractivity contribution < 1.29 is 9.53 Å². The second-order valence-electron chi connectivity index (χ2n) is 4.58. The Morgan fingerprint density at radius 2 is 2.21 bits per heavy atom. The van der Waals surface area contributed by atoms with E-state index in [0.29, 0.717) is 18.0 Å². The molecular formula is C14H19N3O2. The van der Waals surface area contributed by atoms with Crippen LogP contribution in [0.25, 0.3) is 0 Å². The summed E-state index contributed by atoms with van der Waals surface area (Å²) in [5.74, 6) is 0.437. The van der Waals surface area contributed by atoms with E-state index in [4.69, 9.17) is 10.00 Å². The van der Waals surface area contributed by atoms with Gasteiger partial charge in [-0.1, -0.05) is 13.0 Å². The van der Waals surface area contributed by atoms with Gasteiger partial charge in [0.05, 0.1) is 5.54 Å². The quantitative estimate of drug-likeness (QED) is 0.820. The number of benzene rings is 1. The maximum absolute atomic E-state index is 12.1. The van der Waals surface area contributed by atoms with Gasteiger partial charge in [-0.25, -0.2) is 0 Å². The first-order valence-corrected chi connectivity index (χ1v) is 6.16. The second kappa shape index (κ2) is 6.76. The Balaban J connectivity index is 2.72. The van der Waals surface area contributed by atoms with Crippen molar-refractivity contribution in [3.05, 3.63) is 24.3 Å². The maximum atomic E-state index is 12.1. The molecule has 0 unspecified atom stereocenters. The van der Waals surface area contributed by atoms with Crippen LogP contribution in [0.15, 0.2) is 24.3 Å². The molecule has 0 fully saturated rings. The molecule has 0 heterocycles. The van der Waals surface area contributed by atoms with Crippen LogP contribution in [0.1, 0.15) is 20.8 Å². The number of hydrogen-bond donors (Lipinski definition) is 2. The fourth-order valence-corrected chi connectivity index (χ4v) is 1.59. The Morgan fingerprint density at radius 1 is 1.47 bits per heavy atom. The minimum atomic E-state index is -0.641. The van der Waals surface area contributed by atoms with Crippen LogP contribution < -0.4 is 15.4 Å². The predicted molar refractivity (Wildman–Crippen MR) is 73.9 cm³/mol. The minimum absolute atomic E-state index is 0.0136. The molecule has 0 aromatic heterocycles. The van der Waals surface area contributed by atoms with Crippen LogP contribution >= 0.6 is 0 Å². The molecule has 19 heavy (non-hydrogen) atoms. The molecule has 1 aromatic rings. The summed E-state index contributed by atoms with van der Waals surface area (Å²) in [6, 6.07) is 8.87. The first-order valence-electron chi connectivity index (χ1n) is 6.16. The highest BCUT2D eigenvalue weighted by Gasteiger charge is 2.26. The van der Waals surface area contributed by atoms with Crippen LogP contribution in [0.4, 0.5) is 5.69 Å². The van der Waals surface area contributed by atoms with Gasteiger partial charge in [0.25, 0.3) is 0 Å². The molecule has 0 saturated heterocycles. The first-order chi connectivity index (χ1) is 8.99. The lowest BCUT2D eigenvalue weighted by molar-refractivity contribution is -0.121. The molecule has 0 atom stereocenters. The molecule has 0 aliphatic rings.